The second-order valence-electron chi connectivity index (χ2n) is 3.47. The lowest BCUT2D eigenvalue weighted by atomic mass is 10.2. The quantitative estimate of drug-likeness (QED) is 0.754. The maximum Gasteiger partial charge on any atom is 0.0314 e. The van der Waals surface area contributed by atoms with E-state index < -0.39 is 0 Å². The smallest absolute Gasteiger partial charge is 0.0314 e. The maximum absolute atomic E-state index is 5.62. The Morgan fingerprint density at radius 3 is 2.50 bits per heavy atom. The van der Waals surface area contributed by atoms with E-state index in [0.717, 1.165) is 18.8 Å². The second-order valence-corrected chi connectivity index (χ2v) is 4.46. The minimum absolute atomic E-state index is 0.834. The summed E-state index contributed by atoms with van der Waals surface area (Å²) in [7, 11) is 2.15. The monoisotopic (exact) mass is 210 g/mol. The highest BCUT2D eigenvalue weighted by atomic mass is 32.2. The molecule has 1 rings (SSSR count). The lowest BCUT2D eigenvalue weighted by Crippen LogP contribution is -2.20. The van der Waals surface area contributed by atoms with Gasteiger partial charge in [0.05, 0.1) is 0 Å². The first-order chi connectivity index (χ1) is 6.72. The van der Waals surface area contributed by atoms with Gasteiger partial charge in [-0.2, -0.15) is 11.8 Å². The fourth-order valence-corrected chi connectivity index (χ4v) is 1.76. The van der Waals surface area contributed by atoms with Crippen molar-refractivity contribution in [3.05, 3.63) is 29.8 Å². The number of thioether (sulfide) groups is 1. The first-order valence-electron chi connectivity index (χ1n) is 4.74. The van der Waals surface area contributed by atoms with E-state index in [-0.39, 0.29) is 0 Å². The van der Waals surface area contributed by atoms with E-state index in [4.69, 9.17) is 5.73 Å². The predicted octanol–water partition coefficient (Wildman–Crippen LogP) is 2.06. The van der Waals surface area contributed by atoms with Crippen LogP contribution in [0.4, 0.5) is 5.69 Å². The molecule has 2 nitrogen and oxygen atoms in total. The molecule has 0 heterocycles. The molecule has 0 bridgehead atoms. The molecule has 0 aliphatic rings. The predicted molar refractivity (Wildman–Crippen MR) is 65.6 cm³/mol. The van der Waals surface area contributed by atoms with Crippen LogP contribution in [0, 0.1) is 0 Å². The van der Waals surface area contributed by atoms with Gasteiger partial charge in [0.25, 0.3) is 0 Å². The third-order valence-corrected chi connectivity index (χ3v) is 2.70. The first-order valence-corrected chi connectivity index (χ1v) is 6.13. The molecule has 0 atom stereocenters. The summed E-state index contributed by atoms with van der Waals surface area (Å²) in [5.41, 5.74) is 7.78. The molecule has 1 aromatic carbocycles. The zero-order chi connectivity index (χ0) is 10.4. The number of rotatable bonds is 5. The summed E-state index contributed by atoms with van der Waals surface area (Å²) in [4.78, 5) is 2.32. The lowest BCUT2D eigenvalue weighted by molar-refractivity contribution is 0.349. The fourth-order valence-electron chi connectivity index (χ4n) is 1.26. The minimum Gasteiger partial charge on any atom is -0.399 e. The van der Waals surface area contributed by atoms with Crippen LogP contribution in [0.15, 0.2) is 24.3 Å². The summed E-state index contributed by atoms with van der Waals surface area (Å²) in [5, 5.41) is 0. The molecular weight excluding hydrogens is 192 g/mol. The third kappa shape index (κ3) is 4.03. The average Bonchev–Trinajstić information content (AvgIpc) is 2.18. The van der Waals surface area contributed by atoms with Gasteiger partial charge >= 0.3 is 0 Å². The summed E-state index contributed by atoms with van der Waals surface area (Å²) in [6.45, 7) is 2.13. The van der Waals surface area contributed by atoms with Crippen molar-refractivity contribution >= 4 is 17.4 Å². The molecule has 0 saturated heterocycles. The van der Waals surface area contributed by atoms with Gasteiger partial charge in [-0.25, -0.2) is 0 Å². The van der Waals surface area contributed by atoms with E-state index in [1.807, 2.05) is 23.9 Å². The van der Waals surface area contributed by atoms with E-state index >= 15 is 0 Å². The van der Waals surface area contributed by atoms with Crippen LogP contribution in [0.25, 0.3) is 0 Å². The van der Waals surface area contributed by atoms with Crippen LogP contribution < -0.4 is 5.73 Å². The third-order valence-electron chi connectivity index (χ3n) is 2.11. The zero-order valence-electron chi connectivity index (χ0n) is 8.86. The van der Waals surface area contributed by atoms with Crippen molar-refractivity contribution in [1.29, 1.82) is 0 Å². The standard InChI is InChI=1S/C11H18N2S/c1-13(7-8-14-2)9-10-3-5-11(12)6-4-10/h3-6H,7-9,12H2,1-2H3. The van der Waals surface area contributed by atoms with Gasteiger partial charge in [0, 0.05) is 24.5 Å². The Bertz CT molecular complexity index is 258. The number of nitrogens with two attached hydrogens (primary N) is 1. The van der Waals surface area contributed by atoms with Gasteiger partial charge in [-0.1, -0.05) is 12.1 Å². The van der Waals surface area contributed by atoms with Crippen molar-refractivity contribution in [1.82, 2.24) is 4.90 Å². The summed E-state index contributed by atoms with van der Waals surface area (Å²) in [6.07, 6.45) is 2.14. The highest BCUT2D eigenvalue weighted by molar-refractivity contribution is 7.98. The van der Waals surface area contributed by atoms with Crippen molar-refractivity contribution in [2.24, 2.45) is 0 Å². The van der Waals surface area contributed by atoms with Crippen LogP contribution in [-0.2, 0) is 6.54 Å². The number of nitrogen functional groups attached to an aromatic ring is 1. The minimum atomic E-state index is 0.834. The van der Waals surface area contributed by atoms with Crippen LogP contribution in [0.2, 0.25) is 0 Å². The molecule has 0 aliphatic carbocycles. The topological polar surface area (TPSA) is 29.3 Å². The molecule has 0 spiro atoms. The maximum atomic E-state index is 5.62. The molecule has 1 aromatic rings. The van der Waals surface area contributed by atoms with Gasteiger partial charge in [0.2, 0.25) is 0 Å². The van der Waals surface area contributed by atoms with Crippen molar-refractivity contribution < 1.29 is 0 Å². The summed E-state index contributed by atoms with van der Waals surface area (Å²) < 4.78 is 0. The van der Waals surface area contributed by atoms with Crippen molar-refractivity contribution in [2.75, 3.05) is 31.3 Å². The Morgan fingerprint density at radius 2 is 1.93 bits per heavy atom. The molecule has 3 heteroatoms. The van der Waals surface area contributed by atoms with E-state index in [0.29, 0.717) is 0 Å². The molecule has 0 radical (unpaired) electrons. The molecular formula is C11H18N2S. The number of anilines is 1. The number of nitrogens with zero attached hydrogens (tertiary/aromatic N) is 1. The zero-order valence-corrected chi connectivity index (χ0v) is 9.68. The van der Waals surface area contributed by atoms with Crippen LogP contribution in [-0.4, -0.2) is 30.5 Å². The molecule has 0 aromatic heterocycles. The van der Waals surface area contributed by atoms with Crippen LogP contribution in [0.3, 0.4) is 0 Å². The highest BCUT2D eigenvalue weighted by Crippen LogP contribution is 2.07. The number of benzene rings is 1. The van der Waals surface area contributed by atoms with Crippen molar-refractivity contribution in [3.8, 4) is 0 Å². The van der Waals surface area contributed by atoms with Gasteiger partial charge in [0.15, 0.2) is 0 Å². The molecule has 78 valence electrons. The Hall–Kier alpha value is -0.670. The van der Waals surface area contributed by atoms with Crippen molar-refractivity contribution in [3.63, 3.8) is 0 Å². The van der Waals surface area contributed by atoms with Gasteiger partial charge < -0.3 is 10.6 Å². The molecule has 2 N–H and O–H groups in total. The van der Waals surface area contributed by atoms with Gasteiger partial charge in [-0.15, -0.1) is 0 Å². The van der Waals surface area contributed by atoms with Crippen LogP contribution in [0.1, 0.15) is 5.56 Å². The lowest BCUT2D eigenvalue weighted by Gasteiger charge is -2.15. The van der Waals surface area contributed by atoms with Crippen LogP contribution in [0.5, 0.6) is 0 Å². The van der Waals surface area contributed by atoms with Gasteiger partial charge in [-0.3, -0.25) is 0 Å². The average molecular weight is 210 g/mol. The second kappa shape index (κ2) is 5.94. The summed E-state index contributed by atoms with van der Waals surface area (Å²) in [6, 6.07) is 8.09. The van der Waals surface area contributed by atoms with E-state index in [1.54, 1.807) is 0 Å². The van der Waals surface area contributed by atoms with Crippen LogP contribution >= 0.6 is 11.8 Å². The molecule has 0 unspecified atom stereocenters. The number of hydrogen-bond acceptors (Lipinski definition) is 3. The Kier molecular flexibility index (Phi) is 4.84. The molecule has 0 saturated carbocycles. The first kappa shape index (κ1) is 11.4. The number of hydrogen-bond donors (Lipinski definition) is 1. The Balaban J connectivity index is 2.39. The van der Waals surface area contributed by atoms with E-state index in [9.17, 15) is 0 Å². The Labute approximate surface area is 90.5 Å². The summed E-state index contributed by atoms with van der Waals surface area (Å²) in [5.74, 6) is 1.19. The normalized spacial score (nSPS) is 10.8. The van der Waals surface area contributed by atoms with Gasteiger partial charge in [0.1, 0.15) is 0 Å². The Morgan fingerprint density at radius 1 is 1.29 bits per heavy atom. The van der Waals surface area contributed by atoms with Crippen molar-refractivity contribution in [2.45, 2.75) is 6.54 Å². The fraction of sp³-hybridized carbons (Fsp3) is 0.455. The van der Waals surface area contributed by atoms with Gasteiger partial charge in [-0.05, 0) is 31.0 Å². The highest BCUT2D eigenvalue weighted by Gasteiger charge is 1.98. The molecule has 14 heavy (non-hydrogen) atoms. The van der Waals surface area contributed by atoms with E-state index in [1.165, 1.54) is 11.3 Å². The van der Waals surface area contributed by atoms with E-state index in [2.05, 4.69) is 30.3 Å². The molecule has 0 aliphatic heterocycles. The largest absolute Gasteiger partial charge is 0.399 e. The molecule has 0 amide bonds. The SMILES string of the molecule is CSCCN(C)Cc1ccc(N)cc1. The molecule has 0 fully saturated rings. The summed E-state index contributed by atoms with van der Waals surface area (Å²) >= 11 is 1.88.